The number of benzene rings is 1. The van der Waals surface area contributed by atoms with Crippen molar-refractivity contribution >= 4 is 23.7 Å². The molecule has 2 aliphatic heterocycles. The van der Waals surface area contributed by atoms with Gasteiger partial charge in [-0.15, -0.1) is 0 Å². The van der Waals surface area contributed by atoms with Gasteiger partial charge in [0.1, 0.15) is 5.54 Å². The Hall–Kier alpha value is -2.34. The highest BCUT2D eigenvalue weighted by atomic mass is 16.2. The Morgan fingerprint density at radius 3 is 2.38 bits per heavy atom. The number of hydrogen-bond acceptors (Lipinski definition) is 4. The number of nitrogens with zero attached hydrogens (tertiary/aromatic N) is 2. The van der Waals surface area contributed by atoms with Gasteiger partial charge in [0.25, 0.3) is 5.91 Å². The number of likely N-dealkylation sites (tertiary alicyclic amines) is 1. The number of urea groups is 1. The average Bonchev–Trinajstić information content (AvgIpc) is 2.89. The van der Waals surface area contributed by atoms with E-state index in [2.05, 4.69) is 56.9 Å². The van der Waals surface area contributed by atoms with Gasteiger partial charge in [-0.1, -0.05) is 24.3 Å². The summed E-state index contributed by atoms with van der Waals surface area (Å²) in [6.45, 7) is 4.61. The van der Waals surface area contributed by atoms with Crippen molar-refractivity contribution in [3.05, 3.63) is 35.9 Å². The van der Waals surface area contributed by atoms with Gasteiger partial charge >= 0.3 is 6.03 Å². The molecule has 0 spiro atoms. The molecular weight excluding hydrogens is 328 g/mol. The second-order valence-corrected chi connectivity index (χ2v) is 7.57. The summed E-state index contributed by atoms with van der Waals surface area (Å²) >= 11 is 0. The maximum atomic E-state index is 12.1. The highest BCUT2D eigenvalue weighted by Gasteiger charge is 2.48. The van der Waals surface area contributed by atoms with Crippen LogP contribution in [0.5, 0.6) is 0 Å². The topological polar surface area (TPSA) is 64.7 Å². The summed E-state index contributed by atoms with van der Waals surface area (Å²) in [5.41, 5.74) is 1.64. The second-order valence-electron chi connectivity index (χ2n) is 7.57. The molecule has 2 heterocycles. The van der Waals surface area contributed by atoms with Crippen molar-refractivity contribution < 1.29 is 9.59 Å². The fourth-order valence-electron chi connectivity index (χ4n) is 3.76. The minimum atomic E-state index is -0.757. The molecule has 1 aromatic rings. The molecule has 6 nitrogen and oxygen atoms in total. The van der Waals surface area contributed by atoms with E-state index >= 15 is 0 Å². The van der Waals surface area contributed by atoms with Gasteiger partial charge in [0.2, 0.25) is 0 Å². The second kappa shape index (κ2) is 7.50. The smallest absolute Gasteiger partial charge is 0.322 e. The number of nitrogens with one attached hydrogen (secondary N) is 2. The summed E-state index contributed by atoms with van der Waals surface area (Å²) in [7, 11) is 4.07. The van der Waals surface area contributed by atoms with Crippen LogP contribution in [-0.2, 0) is 4.79 Å². The van der Waals surface area contributed by atoms with E-state index in [1.54, 1.807) is 0 Å². The van der Waals surface area contributed by atoms with Gasteiger partial charge in [-0.05, 0) is 56.5 Å². The molecule has 2 fully saturated rings. The minimum Gasteiger partial charge on any atom is -0.378 e. The first-order chi connectivity index (χ1) is 12.4. The summed E-state index contributed by atoms with van der Waals surface area (Å²) in [5, 5.41) is 5.17. The fourth-order valence-corrected chi connectivity index (χ4v) is 3.76. The molecule has 140 valence electrons. The molecule has 0 bridgehead atoms. The van der Waals surface area contributed by atoms with Crippen LogP contribution in [0.15, 0.2) is 30.3 Å². The van der Waals surface area contributed by atoms with E-state index in [9.17, 15) is 9.59 Å². The zero-order valence-corrected chi connectivity index (χ0v) is 15.8. The molecule has 6 heteroatoms. The molecule has 0 aliphatic carbocycles. The Bertz CT molecular complexity index is 690. The monoisotopic (exact) mass is 356 g/mol. The number of carbonyl (C=O) groups excluding carboxylic acids is 2. The maximum absolute atomic E-state index is 12.1. The van der Waals surface area contributed by atoms with Gasteiger partial charge in [0.15, 0.2) is 0 Å². The quantitative estimate of drug-likeness (QED) is 0.793. The third-order valence-corrected chi connectivity index (χ3v) is 5.56. The van der Waals surface area contributed by atoms with E-state index < -0.39 is 5.54 Å². The van der Waals surface area contributed by atoms with Crippen molar-refractivity contribution in [1.82, 2.24) is 15.5 Å². The zero-order valence-electron chi connectivity index (χ0n) is 15.8. The first kappa shape index (κ1) is 18.5. The van der Waals surface area contributed by atoms with Gasteiger partial charge in [0, 0.05) is 26.3 Å². The fraction of sp³-hybridized carbons (Fsp3) is 0.500. The molecule has 1 atom stereocenters. The molecule has 1 unspecified atom stereocenters. The lowest BCUT2D eigenvalue weighted by Gasteiger charge is -2.38. The molecule has 0 radical (unpaired) electrons. The van der Waals surface area contributed by atoms with Gasteiger partial charge in [-0.25, -0.2) is 4.79 Å². The van der Waals surface area contributed by atoms with E-state index in [-0.39, 0.29) is 17.9 Å². The van der Waals surface area contributed by atoms with Crippen LogP contribution < -0.4 is 15.5 Å². The number of amides is 3. The first-order valence-electron chi connectivity index (χ1n) is 9.18. The van der Waals surface area contributed by atoms with Crippen LogP contribution in [0.25, 0.3) is 6.08 Å². The van der Waals surface area contributed by atoms with E-state index in [1.807, 2.05) is 21.0 Å². The van der Waals surface area contributed by atoms with Crippen molar-refractivity contribution in [2.24, 2.45) is 5.92 Å². The van der Waals surface area contributed by atoms with Crippen LogP contribution in [-0.4, -0.2) is 56.1 Å². The lowest BCUT2D eigenvalue weighted by molar-refractivity contribution is -0.125. The molecule has 26 heavy (non-hydrogen) atoms. The molecule has 2 N–H and O–H groups in total. The standard InChI is InChI=1S/C20H28N4O2/c1-20(18(25)21-19(26)22-20)16-10-13-24(14-11-16)12-4-5-15-6-8-17(9-7-15)23(2)3/h4-9,16H,10-14H2,1-3H3,(H2,21,22,25,26). The normalized spacial score (nSPS) is 24.7. The molecule has 3 amide bonds. The third kappa shape index (κ3) is 3.90. The van der Waals surface area contributed by atoms with Crippen molar-refractivity contribution in [2.45, 2.75) is 25.3 Å². The molecule has 0 saturated carbocycles. The van der Waals surface area contributed by atoms with Crippen LogP contribution in [0.3, 0.4) is 0 Å². The number of imide groups is 1. The lowest BCUT2D eigenvalue weighted by Crippen LogP contribution is -2.53. The number of rotatable bonds is 5. The summed E-state index contributed by atoms with van der Waals surface area (Å²) < 4.78 is 0. The predicted octanol–water partition coefficient (Wildman–Crippen LogP) is 2.08. The van der Waals surface area contributed by atoms with Crippen LogP contribution in [0.2, 0.25) is 0 Å². The van der Waals surface area contributed by atoms with Crippen molar-refractivity contribution in [3.8, 4) is 0 Å². The van der Waals surface area contributed by atoms with Crippen LogP contribution in [0.4, 0.5) is 10.5 Å². The van der Waals surface area contributed by atoms with Gasteiger partial charge < -0.3 is 10.2 Å². The largest absolute Gasteiger partial charge is 0.378 e. The zero-order chi connectivity index (χ0) is 18.7. The molecule has 3 rings (SSSR count). The molecular formula is C20H28N4O2. The number of piperidine rings is 1. The van der Waals surface area contributed by atoms with Gasteiger partial charge in [-0.3, -0.25) is 15.0 Å². The third-order valence-electron chi connectivity index (χ3n) is 5.56. The predicted molar refractivity (Wildman–Crippen MR) is 104 cm³/mol. The Balaban J connectivity index is 1.48. The van der Waals surface area contributed by atoms with Crippen LogP contribution in [0.1, 0.15) is 25.3 Å². The summed E-state index contributed by atoms with van der Waals surface area (Å²) in [6, 6.07) is 8.11. The summed E-state index contributed by atoms with van der Waals surface area (Å²) in [6.07, 6.45) is 6.17. The van der Waals surface area contributed by atoms with Gasteiger partial charge in [-0.2, -0.15) is 0 Å². The number of anilines is 1. The Morgan fingerprint density at radius 1 is 1.19 bits per heavy atom. The molecule has 1 aromatic carbocycles. The maximum Gasteiger partial charge on any atom is 0.322 e. The number of hydrogen-bond donors (Lipinski definition) is 2. The number of carbonyl (C=O) groups is 2. The Labute approximate surface area is 155 Å². The van der Waals surface area contributed by atoms with E-state index in [4.69, 9.17) is 0 Å². The van der Waals surface area contributed by atoms with Crippen molar-refractivity contribution in [1.29, 1.82) is 0 Å². The summed E-state index contributed by atoms with van der Waals surface area (Å²) in [4.78, 5) is 28.0. The molecule has 2 saturated heterocycles. The first-order valence-corrected chi connectivity index (χ1v) is 9.18. The van der Waals surface area contributed by atoms with E-state index in [0.717, 1.165) is 32.5 Å². The van der Waals surface area contributed by atoms with Crippen LogP contribution in [0, 0.1) is 5.92 Å². The molecule has 2 aliphatic rings. The van der Waals surface area contributed by atoms with Crippen LogP contribution >= 0.6 is 0 Å². The van der Waals surface area contributed by atoms with E-state index in [0.29, 0.717) is 0 Å². The molecule has 0 aromatic heterocycles. The Morgan fingerprint density at radius 2 is 1.85 bits per heavy atom. The minimum absolute atomic E-state index is 0.188. The Kier molecular flexibility index (Phi) is 5.32. The average molecular weight is 356 g/mol. The highest BCUT2D eigenvalue weighted by Crippen LogP contribution is 2.30. The van der Waals surface area contributed by atoms with Gasteiger partial charge in [0.05, 0.1) is 0 Å². The SMILES string of the molecule is CN(C)c1ccc(C=CCN2CCC(C3(C)NC(=O)NC3=O)CC2)cc1. The van der Waals surface area contributed by atoms with Crippen molar-refractivity contribution in [2.75, 3.05) is 38.6 Å². The highest BCUT2D eigenvalue weighted by molar-refractivity contribution is 6.06. The van der Waals surface area contributed by atoms with Crippen molar-refractivity contribution in [3.63, 3.8) is 0 Å². The lowest BCUT2D eigenvalue weighted by atomic mass is 9.79. The summed E-state index contributed by atoms with van der Waals surface area (Å²) in [5.74, 6) is -0.00484. The van der Waals surface area contributed by atoms with E-state index in [1.165, 1.54) is 11.3 Å².